The molecule has 0 saturated carbocycles. The van der Waals surface area contributed by atoms with Crippen molar-refractivity contribution >= 4 is 15.7 Å². The van der Waals surface area contributed by atoms with Gasteiger partial charge in [0.25, 0.3) is 0 Å². The summed E-state index contributed by atoms with van der Waals surface area (Å²) in [6, 6.07) is 9.05. The molecule has 122 valence electrons. The molecule has 1 atom stereocenters. The van der Waals surface area contributed by atoms with Gasteiger partial charge in [0.1, 0.15) is 9.84 Å². The minimum Gasteiger partial charge on any atom is -0.342 e. The van der Waals surface area contributed by atoms with Crippen LogP contribution in [-0.2, 0) is 14.6 Å². The van der Waals surface area contributed by atoms with Gasteiger partial charge < -0.3 is 10.2 Å². The molecule has 5 nitrogen and oxygen atoms in total. The van der Waals surface area contributed by atoms with Crippen LogP contribution in [0.2, 0.25) is 0 Å². The van der Waals surface area contributed by atoms with Crippen LogP contribution in [0.4, 0.5) is 0 Å². The number of sulfone groups is 1. The molecule has 0 spiro atoms. The number of carbonyl (C=O) groups excluding carboxylic acids is 1. The lowest BCUT2D eigenvalue weighted by Crippen LogP contribution is -2.42. The number of carbonyl (C=O) groups is 1. The number of piperidine rings is 1. The summed E-state index contributed by atoms with van der Waals surface area (Å²) < 4.78 is 23.3. The number of hydrogen-bond donors (Lipinski definition) is 1. The van der Waals surface area contributed by atoms with Crippen LogP contribution in [0.1, 0.15) is 30.9 Å². The van der Waals surface area contributed by atoms with E-state index in [1.165, 1.54) is 12.7 Å². The van der Waals surface area contributed by atoms with E-state index in [-0.39, 0.29) is 24.2 Å². The molecular weight excluding hydrogens is 300 g/mol. The maximum Gasteiger partial charge on any atom is 0.236 e. The van der Waals surface area contributed by atoms with E-state index >= 15 is 0 Å². The molecule has 1 aromatic rings. The summed E-state index contributed by atoms with van der Waals surface area (Å²) in [7, 11) is -3.13. The van der Waals surface area contributed by atoms with Crippen molar-refractivity contribution in [1.82, 2.24) is 10.2 Å². The zero-order valence-electron chi connectivity index (χ0n) is 13.0. The fourth-order valence-electron chi connectivity index (χ4n) is 2.73. The largest absolute Gasteiger partial charge is 0.342 e. The van der Waals surface area contributed by atoms with Gasteiger partial charge in [-0.05, 0) is 24.8 Å². The van der Waals surface area contributed by atoms with Crippen molar-refractivity contribution in [3.05, 3.63) is 35.9 Å². The normalized spacial score (nSPS) is 17.2. The second-order valence-corrected chi connectivity index (χ2v) is 8.06. The Bertz CT molecular complexity index is 581. The van der Waals surface area contributed by atoms with Crippen molar-refractivity contribution in [1.29, 1.82) is 0 Å². The third-order valence-corrected chi connectivity index (χ3v) is 4.82. The number of nitrogens with one attached hydrogen (secondary N) is 1. The average molecular weight is 324 g/mol. The summed E-state index contributed by atoms with van der Waals surface area (Å²) in [6.45, 7) is 1.79. The van der Waals surface area contributed by atoms with E-state index in [0.717, 1.165) is 31.5 Å². The van der Waals surface area contributed by atoms with Crippen molar-refractivity contribution in [2.24, 2.45) is 0 Å². The van der Waals surface area contributed by atoms with Gasteiger partial charge in [-0.15, -0.1) is 0 Å². The zero-order chi connectivity index (χ0) is 16.0. The molecular formula is C16H24N2O3S. The molecule has 0 unspecified atom stereocenters. The van der Waals surface area contributed by atoms with E-state index in [0.29, 0.717) is 0 Å². The van der Waals surface area contributed by atoms with Gasteiger partial charge in [-0.3, -0.25) is 4.79 Å². The molecule has 1 saturated heterocycles. The van der Waals surface area contributed by atoms with Crippen LogP contribution < -0.4 is 5.32 Å². The molecule has 1 heterocycles. The van der Waals surface area contributed by atoms with Gasteiger partial charge in [-0.1, -0.05) is 30.3 Å². The molecule has 1 amide bonds. The van der Waals surface area contributed by atoms with E-state index in [1.807, 2.05) is 35.2 Å². The maximum absolute atomic E-state index is 12.2. The number of rotatable bonds is 6. The molecule has 2 rings (SSSR count). The van der Waals surface area contributed by atoms with Gasteiger partial charge in [0.15, 0.2) is 0 Å². The van der Waals surface area contributed by atoms with E-state index in [1.54, 1.807) is 0 Å². The van der Waals surface area contributed by atoms with Crippen molar-refractivity contribution in [2.45, 2.75) is 25.3 Å². The predicted molar refractivity (Wildman–Crippen MR) is 87.3 cm³/mol. The Morgan fingerprint density at radius 2 is 1.82 bits per heavy atom. The standard InChI is InChI=1S/C16H24N2O3S/c1-22(20,21)13-15(14-8-4-2-5-9-14)17-12-16(19)18-10-6-3-7-11-18/h2,4-5,8-9,15,17H,3,6-7,10-13H2,1H3/t15-/m0/s1. The highest BCUT2D eigenvalue weighted by Gasteiger charge is 2.21. The van der Waals surface area contributed by atoms with Gasteiger partial charge in [0.05, 0.1) is 12.3 Å². The molecule has 22 heavy (non-hydrogen) atoms. The van der Waals surface area contributed by atoms with Gasteiger partial charge in [0, 0.05) is 25.4 Å². The molecule has 1 aromatic carbocycles. The van der Waals surface area contributed by atoms with Gasteiger partial charge in [-0.2, -0.15) is 0 Å². The summed E-state index contributed by atoms with van der Waals surface area (Å²) in [5.74, 6) is 0.0405. The maximum atomic E-state index is 12.2. The van der Waals surface area contributed by atoms with E-state index < -0.39 is 9.84 Å². The molecule has 0 aromatic heterocycles. The molecule has 0 bridgehead atoms. The van der Waals surface area contributed by atoms with Crippen molar-refractivity contribution < 1.29 is 13.2 Å². The Balaban J connectivity index is 1.99. The topological polar surface area (TPSA) is 66.5 Å². The quantitative estimate of drug-likeness (QED) is 0.858. The van der Waals surface area contributed by atoms with E-state index in [4.69, 9.17) is 0 Å². The lowest BCUT2D eigenvalue weighted by atomic mass is 10.1. The number of amides is 1. The summed E-state index contributed by atoms with van der Waals surface area (Å²) in [5, 5.41) is 3.12. The van der Waals surface area contributed by atoms with E-state index in [2.05, 4.69) is 5.32 Å². The Hall–Kier alpha value is -1.40. The first-order valence-electron chi connectivity index (χ1n) is 7.69. The van der Waals surface area contributed by atoms with Crippen LogP contribution in [0.5, 0.6) is 0 Å². The van der Waals surface area contributed by atoms with E-state index in [9.17, 15) is 13.2 Å². The second kappa shape index (κ2) is 7.74. The predicted octanol–water partition coefficient (Wildman–Crippen LogP) is 1.37. The molecule has 0 aliphatic carbocycles. The second-order valence-electron chi connectivity index (χ2n) is 5.88. The SMILES string of the molecule is CS(=O)(=O)C[C@H](NCC(=O)N1CCCCC1)c1ccccc1. The van der Waals surface area contributed by atoms with Crippen LogP contribution >= 0.6 is 0 Å². The van der Waals surface area contributed by atoms with Gasteiger partial charge in [0.2, 0.25) is 5.91 Å². The van der Waals surface area contributed by atoms with Crippen molar-refractivity contribution in [3.63, 3.8) is 0 Å². The minimum absolute atomic E-state index is 0.00963. The van der Waals surface area contributed by atoms with Crippen LogP contribution in [0.25, 0.3) is 0 Å². The minimum atomic E-state index is -3.13. The first-order chi connectivity index (χ1) is 10.5. The molecule has 1 fully saturated rings. The van der Waals surface area contributed by atoms with Crippen molar-refractivity contribution in [3.8, 4) is 0 Å². The fraction of sp³-hybridized carbons (Fsp3) is 0.562. The molecule has 0 radical (unpaired) electrons. The van der Waals surface area contributed by atoms with Crippen LogP contribution in [0.3, 0.4) is 0 Å². The van der Waals surface area contributed by atoms with Crippen LogP contribution in [0.15, 0.2) is 30.3 Å². The summed E-state index contributed by atoms with van der Waals surface area (Å²) in [6.07, 6.45) is 4.50. The summed E-state index contributed by atoms with van der Waals surface area (Å²) in [5.41, 5.74) is 0.888. The third-order valence-electron chi connectivity index (χ3n) is 3.88. The van der Waals surface area contributed by atoms with Gasteiger partial charge >= 0.3 is 0 Å². The highest BCUT2D eigenvalue weighted by molar-refractivity contribution is 7.90. The first kappa shape index (κ1) is 17.0. The number of benzene rings is 1. The Labute approximate surface area is 132 Å². The molecule has 1 aliphatic heterocycles. The number of nitrogens with zero attached hydrogens (tertiary/aromatic N) is 1. The average Bonchev–Trinajstić information content (AvgIpc) is 2.52. The van der Waals surface area contributed by atoms with Crippen molar-refractivity contribution in [2.75, 3.05) is 31.6 Å². The molecule has 1 N–H and O–H groups in total. The monoisotopic (exact) mass is 324 g/mol. The number of hydrogen-bond acceptors (Lipinski definition) is 4. The smallest absolute Gasteiger partial charge is 0.236 e. The lowest BCUT2D eigenvalue weighted by molar-refractivity contribution is -0.131. The van der Waals surface area contributed by atoms with Crippen LogP contribution in [0, 0.1) is 0 Å². The fourth-order valence-corrected chi connectivity index (χ4v) is 3.64. The zero-order valence-corrected chi connectivity index (χ0v) is 13.8. The highest BCUT2D eigenvalue weighted by Crippen LogP contribution is 2.15. The summed E-state index contributed by atoms with van der Waals surface area (Å²) >= 11 is 0. The Morgan fingerprint density at radius 3 is 2.41 bits per heavy atom. The molecule has 1 aliphatic rings. The molecule has 6 heteroatoms. The Morgan fingerprint density at radius 1 is 1.18 bits per heavy atom. The summed E-state index contributed by atoms with van der Waals surface area (Å²) in [4.78, 5) is 14.1. The number of likely N-dealkylation sites (tertiary alicyclic amines) is 1. The third kappa shape index (κ3) is 5.42. The van der Waals surface area contributed by atoms with Gasteiger partial charge in [-0.25, -0.2) is 8.42 Å². The lowest BCUT2D eigenvalue weighted by Gasteiger charge is -2.28. The van der Waals surface area contributed by atoms with Crippen LogP contribution in [-0.4, -0.2) is 50.9 Å². The highest BCUT2D eigenvalue weighted by atomic mass is 32.2. The Kier molecular flexibility index (Phi) is 5.97. The first-order valence-corrected chi connectivity index (χ1v) is 9.75.